The maximum Gasteiger partial charge on any atom is 0.243 e. The van der Waals surface area contributed by atoms with Gasteiger partial charge in [-0.2, -0.15) is 0 Å². The molecule has 27 heavy (non-hydrogen) atoms. The van der Waals surface area contributed by atoms with Crippen LogP contribution < -0.4 is 10.2 Å². The van der Waals surface area contributed by atoms with Gasteiger partial charge in [-0.05, 0) is 19.1 Å². The highest BCUT2D eigenvalue weighted by atomic mass is 16.3. The van der Waals surface area contributed by atoms with E-state index >= 15 is 0 Å². The molecule has 0 bridgehead atoms. The number of benzene rings is 1. The number of nitrogens with one attached hydrogen (secondary N) is 1. The second kappa shape index (κ2) is 7.36. The number of carbonyl (C=O) groups excluding carboxylic acids is 1. The van der Waals surface area contributed by atoms with Crippen LogP contribution in [0.1, 0.15) is 5.69 Å². The summed E-state index contributed by atoms with van der Waals surface area (Å²) in [5.41, 5.74) is 1.47. The second-order valence-electron chi connectivity index (χ2n) is 6.83. The number of aromatic nitrogens is 2. The average Bonchev–Trinajstić information content (AvgIpc) is 3.22. The smallest absolute Gasteiger partial charge is 0.243 e. The van der Waals surface area contributed by atoms with Crippen molar-refractivity contribution in [3.63, 3.8) is 0 Å². The van der Waals surface area contributed by atoms with Crippen LogP contribution in [-0.4, -0.2) is 64.6 Å². The van der Waals surface area contributed by atoms with Crippen LogP contribution in [0.5, 0.6) is 5.75 Å². The van der Waals surface area contributed by atoms with Crippen molar-refractivity contribution in [3.05, 3.63) is 48.2 Å². The lowest BCUT2D eigenvalue weighted by atomic mass is 10.2. The molecule has 1 fully saturated rings. The Bertz CT molecular complexity index is 874. The third-order valence-corrected chi connectivity index (χ3v) is 4.95. The summed E-state index contributed by atoms with van der Waals surface area (Å²) in [5, 5.41) is 13.3. The van der Waals surface area contributed by atoms with Crippen LogP contribution in [0, 0.1) is 6.92 Å². The first-order valence-corrected chi connectivity index (χ1v) is 9.19. The lowest BCUT2D eigenvalue weighted by molar-refractivity contribution is -0.132. The fourth-order valence-electron chi connectivity index (χ4n) is 3.49. The largest absolute Gasteiger partial charge is 0.507 e. The number of amides is 1. The number of carbonyl (C=O) groups is 1. The highest BCUT2D eigenvalue weighted by Crippen LogP contribution is 2.28. The van der Waals surface area contributed by atoms with Crippen molar-refractivity contribution >= 4 is 11.7 Å². The van der Waals surface area contributed by atoms with Gasteiger partial charge in [-0.25, -0.2) is 9.97 Å². The van der Waals surface area contributed by atoms with Gasteiger partial charge >= 0.3 is 0 Å². The summed E-state index contributed by atoms with van der Waals surface area (Å²) in [5.74, 6) is 1.65. The quantitative estimate of drug-likeness (QED) is 0.799. The number of piperazine rings is 1. The standard InChI is InChI=1S/C20H23N5O2/c1-14-13-18(23-19(22-14)15-5-2-3-7-17(15)26)24-9-11-25(12-10-24)20(27)16-6-4-8-21-16/h2-7,13,16,21,26H,8-12H2,1H3. The van der Waals surface area contributed by atoms with E-state index in [9.17, 15) is 9.90 Å². The lowest BCUT2D eigenvalue weighted by Crippen LogP contribution is -2.53. The average molecular weight is 365 g/mol. The summed E-state index contributed by atoms with van der Waals surface area (Å²) in [7, 11) is 0. The van der Waals surface area contributed by atoms with Crippen LogP contribution >= 0.6 is 0 Å². The number of rotatable bonds is 3. The Morgan fingerprint density at radius 3 is 2.67 bits per heavy atom. The van der Waals surface area contributed by atoms with Crippen LogP contribution in [0.25, 0.3) is 11.4 Å². The van der Waals surface area contributed by atoms with Crippen LogP contribution in [-0.2, 0) is 4.79 Å². The zero-order chi connectivity index (χ0) is 18.8. The number of hydrogen-bond acceptors (Lipinski definition) is 6. The number of anilines is 1. The minimum atomic E-state index is -0.189. The van der Waals surface area contributed by atoms with Crippen LogP contribution in [0.15, 0.2) is 42.5 Å². The number of aryl methyl sites for hydroxylation is 1. The van der Waals surface area contributed by atoms with Gasteiger partial charge in [0.1, 0.15) is 17.6 Å². The van der Waals surface area contributed by atoms with E-state index in [1.165, 1.54) is 0 Å². The van der Waals surface area contributed by atoms with Gasteiger partial charge in [0.2, 0.25) is 5.91 Å². The van der Waals surface area contributed by atoms with E-state index in [4.69, 9.17) is 0 Å². The topological polar surface area (TPSA) is 81.6 Å². The minimum Gasteiger partial charge on any atom is -0.507 e. The molecule has 3 heterocycles. The van der Waals surface area contributed by atoms with Crippen molar-refractivity contribution in [1.29, 1.82) is 0 Å². The molecule has 0 saturated carbocycles. The van der Waals surface area contributed by atoms with Crippen molar-refractivity contribution in [2.24, 2.45) is 0 Å². The van der Waals surface area contributed by atoms with Gasteiger partial charge in [-0.3, -0.25) is 10.1 Å². The van der Waals surface area contributed by atoms with E-state index in [1.807, 2.05) is 42.2 Å². The lowest BCUT2D eigenvalue weighted by Gasteiger charge is -2.36. The molecule has 1 atom stereocenters. The molecule has 7 heteroatoms. The molecule has 1 unspecified atom stereocenters. The van der Waals surface area contributed by atoms with Crippen molar-refractivity contribution in [2.45, 2.75) is 13.0 Å². The third kappa shape index (κ3) is 3.64. The number of aromatic hydroxyl groups is 1. The molecule has 1 aromatic heterocycles. The van der Waals surface area contributed by atoms with Gasteiger partial charge in [0.05, 0.1) is 5.56 Å². The third-order valence-electron chi connectivity index (χ3n) is 4.95. The van der Waals surface area contributed by atoms with Gasteiger partial charge in [-0.15, -0.1) is 0 Å². The molecule has 0 radical (unpaired) electrons. The van der Waals surface area contributed by atoms with Gasteiger partial charge < -0.3 is 14.9 Å². The van der Waals surface area contributed by atoms with Crippen molar-refractivity contribution in [3.8, 4) is 17.1 Å². The first-order valence-electron chi connectivity index (χ1n) is 9.19. The van der Waals surface area contributed by atoms with E-state index < -0.39 is 0 Å². The second-order valence-corrected chi connectivity index (χ2v) is 6.83. The summed E-state index contributed by atoms with van der Waals surface area (Å²) in [4.78, 5) is 25.7. The zero-order valence-corrected chi connectivity index (χ0v) is 15.3. The van der Waals surface area contributed by atoms with E-state index in [1.54, 1.807) is 12.1 Å². The van der Waals surface area contributed by atoms with Crippen LogP contribution in [0.3, 0.4) is 0 Å². The zero-order valence-electron chi connectivity index (χ0n) is 15.3. The summed E-state index contributed by atoms with van der Waals surface area (Å²) >= 11 is 0. The Morgan fingerprint density at radius 1 is 1.19 bits per heavy atom. The molecule has 2 aliphatic rings. The summed E-state index contributed by atoms with van der Waals surface area (Å²) in [6.45, 7) is 5.45. The van der Waals surface area contributed by atoms with E-state index in [2.05, 4.69) is 20.2 Å². The van der Waals surface area contributed by atoms with Gasteiger partial charge in [0, 0.05) is 44.5 Å². The first kappa shape index (κ1) is 17.5. The van der Waals surface area contributed by atoms with Gasteiger partial charge in [0.25, 0.3) is 0 Å². The summed E-state index contributed by atoms with van der Waals surface area (Å²) in [6.07, 6.45) is 3.92. The van der Waals surface area contributed by atoms with Crippen LogP contribution in [0.2, 0.25) is 0 Å². The number of phenols is 1. The summed E-state index contributed by atoms with van der Waals surface area (Å²) in [6, 6.07) is 8.84. The Kier molecular flexibility index (Phi) is 4.77. The molecule has 1 saturated heterocycles. The van der Waals surface area contributed by atoms with Gasteiger partial charge in [-0.1, -0.05) is 24.3 Å². The molecule has 140 valence electrons. The van der Waals surface area contributed by atoms with Crippen molar-refractivity contribution in [2.75, 3.05) is 37.6 Å². The Labute approximate surface area is 158 Å². The fourth-order valence-corrected chi connectivity index (χ4v) is 3.49. The van der Waals surface area contributed by atoms with Crippen molar-refractivity contribution < 1.29 is 9.90 Å². The number of phenolic OH excluding ortho intramolecular Hbond substituents is 1. The highest BCUT2D eigenvalue weighted by molar-refractivity contribution is 5.84. The molecule has 2 aliphatic heterocycles. The highest BCUT2D eigenvalue weighted by Gasteiger charge is 2.27. The number of hydrogen-bond donors (Lipinski definition) is 2. The molecule has 2 aromatic rings. The van der Waals surface area contributed by atoms with Crippen molar-refractivity contribution in [1.82, 2.24) is 20.2 Å². The molecule has 1 aromatic carbocycles. The number of nitrogens with zero attached hydrogens (tertiary/aromatic N) is 4. The molecule has 4 rings (SSSR count). The van der Waals surface area contributed by atoms with E-state index in [0.29, 0.717) is 24.5 Å². The maximum atomic E-state index is 12.5. The van der Waals surface area contributed by atoms with Crippen LogP contribution in [0.4, 0.5) is 5.82 Å². The fraction of sp³-hybridized carbons (Fsp3) is 0.350. The molecular formula is C20H23N5O2. The Balaban J connectivity index is 1.49. The normalized spacial score (nSPS) is 19.5. The monoisotopic (exact) mass is 365 g/mol. The molecule has 2 N–H and O–H groups in total. The molecule has 0 aliphatic carbocycles. The predicted molar refractivity (Wildman–Crippen MR) is 104 cm³/mol. The molecule has 1 amide bonds. The van der Waals surface area contributed by atoms with E-state index in [0.717, 1.165) is 31.1 Å². The summed E-state index contributed by atoms with van der Waals surface area (Å²) < 4.78 is 0. The molecule has 7 nitrogen and oxygen atoms in total. The minimum absolute atomic E-state index is 0.136. The Morgan fingerprint density at radius 2 is 1.96 bits per heavy atom. The van der Waals surface area contributed by atoms with Gasteiger partial charge in [0.15, 0.2) is 5.82 Å². The SMILES string of the molecule is Cc1cc(N2CCN(C(=O)C3C=CCN3)CC2)nc(-c2ccccc2O)n1. The Hall–Kier alpha value is -2.93. The predicted octanol–water partition coefficient (Wildman–Crippen LogP) is 1.33. The first-order chi connectivity index (χ1) is 13.1. The number of para-hydroxylation sites is 1. The molecular weight excluding hydrogens is 342 g/mol. The van der Waals surface area contributed by atoms with E-state index in [-0.39, 0.29) is 17.7 Å². The molecule has 0 spiro atoms. The maximum absolute atomic E-state index is 12.5.